The summed E-state index contributed by atoms with van der Waals surface area (Å²) in [7, 11) is 0. The molecule has 1 heterocycles. The van der Waals surface area contributed by atoms with Gasteiger partial charge in [-0.3, -0.25) is 9.59 Å². The third-order valence-corrected chi connectivity index (χ3v) is 8.08. The number of benzene rings is 2. The van der Waals surface area contributed by atoms with Gasteiger partial charge in [-0.2, -0.15) is 0 Å². The average molecular weight is 496 g/mol. The lowest BCUT2D eigenvalue weighted by Crippen LogP contribution is -2.50. The number of likely N-dealkylation sites (tertiary alicyclic amines) is 1. The van der Waals surface area contributed by atoms with Gasteiger partial charge in [0.25, 0.3) is 5.91 Å². The average Bonchev–Trinajstić information content (AvgIpc) is 2.84. The summed E-state index contributed by atoms with van der Waals surface area (Å²) < 4.78 is 0. The van der Waals surface area contributed by atoms with Gasteiger partial charge in [0.1, 0.15) is 0 Å². The van der Waals surface area contributed by atoms with E-state index in [1.807, 2.05) is 35.2 Å². The second kappa shape index (κ2) is 12.0. The number of amides is 2. The molecule has 1 saturated heterocycles. The van der Waals surface area contributed by atoms with E-state index in [0.29, 0.717) is 23.2 Å². The second-order valence-electron chi connectivity index (χ2n) is 10.0. The molecule has 0 aromatic heterocycles. The van der Waals surface area contributed by atoms with E-state index in [1.165, 1.54) is 5.56 Å². The molecule has 0 radical (unpaired) electrons. The summed E-state index contributed by atoms with van der Waals surface area (Å²) in [5.41, 5.74) is 1.87. The summed E-state index contributed by atoms with van der Waals surface area (Å²) in [5, 5.41) is 3.99. The highest BCUT2D eigenvalue weighted by Gasteiger charge is 2.32. The van der Waals surface area contributed by atoms with Crippen LogP contribution in [0.25, 0.3) is 0 Å². The quantitative estimate of drug-likeness (QED) is 0.485. The molecule has 2 fully saturated rings. The van der Waals surface area contributed by atoms with Crippen molar-refractivity contribution in [3.05, 3.63) is 70.7 Å². The Morgan fingerprint density at radius 3 is 2.26 bits per heavy atom. The Bertz CT molecular complexity index is 969. The number of halogens is 1. The van der Waals surface area contributed by atoms with E-state index in [4.69, 9.17) is 11.6 Å². The Kier molecular flexibility index (Phi) is 8.85. The molecule has 1 aliphatic heterocycles. The van der Waals surface area contributed by atoms with Crippen LogP contribution >= 0.6 is 11.6 Å². The molecule has 1 aliphatic carbocycles. The van der Waals surface area contributed by atoms with Gasteiger partial charge in [-0.15, -0.1) is 0 Å². The number of carbonyl (C=O) groups is 2. The zero-order valence-electron chi connectivity index (χ0n) is 21.0. The van der Waals surface area contributed by atoms with Crippen molar-refractivity contribution in [2.45, 2.75) is 70.5 Å². The van der Waals surface area contributed by atoms with Crippen LogP contribution in [0.3, 0.4) is 0 Å². The van der Waals surface area contributed by atoms with Crippen molar-refractivity contribution >= 4 is 23.4 Å². The minimum atomic E-state index is 0.0237. The van der Waals surface area contributed by atoms with E-state index in [-0.39, 0.29) is 29.8 Å². The first-order chi connectivity index (χ1) is 17.0. The summed E-state index contributed by atoms with van der Waals surface area (Å²) in [6, 6.07) is 18.1. The van der Waals surface area contributed by atoms with Gasteiger partial charge in [-0.05, 0) is 75.8 Å². The maximum atomic E-state index is 13.1. The molecule has 2 aliphatic rings. The summed E-state index contributed by atoms with van der Waals surface area (Å²) in [4.78, 5) is 30.4. The Hall–Kier alpha value is -2.37. The molecule has 1 saturated carbocycles. The highest BCUT2D eigenvalue weighted by atomic mass is 35.5. The molecule has 188 valence electrons. The SMILES string of the molecule is CCN(C(=O)c1ccc(Cl)cc1)C1CCN(C(C)C[C@H](NC(=O)C2CCC2)c2ccccc2)CC1. The fourth-order valence-corrected chi connectivity index (χ4v) is 5.50. The molecular weight excluding hydrogens is 458 g/mol. The number of hydrogen-bond donors (Lipinski definition) is 1. The fraction of sp³-hybridized carbons (Fsp3) is 0.517. The number of nitrogens with one attached hydrogen (secondary N) is 1. The molecule has 35 heavy (non-hydrogen) atoms. The van der Waals surface area contributed by atoms with Crippen LogP contribution in [0, 0.1) is 5.92 Å². The van der Waals surface area contributed by atoms with Crippen LogP contribution in [-0.4, -0.2) is 53.3 Å². The van der Waals surface area contributed by atoms with Crippen molar-refractivity contribution in [2.75, 3.05) is 19.6 Å². The monoisotopic (exact) mass is 495 g/mol. The summed E-state index contributed by atoms with van der Waals surface area (Å²) >= 11 is 6.00. The van der Waals surface area contributed by atoms with E-state index in [9.17, 15) is 9.59 Å². The van der Waals surface area contributed by atoms with Gasteiger partial charge in [0, 0.05) is 48.2 Å². The van der Waals surface area contributed by atoms with E-state index in [1.54, 1.807) is 12.1 Å². The minimum Gasteiger partial charge on any atom is -0.349 e. The number of hydrogen-bond acceptors (Lipinski definition) is 3. The van der Waals surface area contributed by atoms with Crippen molar-refractivity contribution in [3.8, 4) is 0 Å². The minimum absolute atomic E-state index is 0.0237. The lowest BCUT2D eigenvalue weighted by molar-refractivity contribution is -0.128. The first kappa shape index (κ1) is 25.7. The maximum absolute atomic E-state index is 13.1. The van der Waals surface area contributed by atoms with Gasteiger partial charge >= 0.3 is 0 Å². The molecule has 1 unspecified atom stereocenters. The van der Waals surface area contributed by atoms with Crippen LogP contribution in [0.4, 0.5) is 0 Å². The van der Waals surface area contributed by atoms with Crippen LogP contribution < -0.4 is 5.32 Å². The van der Waals surface area contributed by atoms with Gasteiger partial charge in [-0.1, -0.05) is 48.4 Å². The molecule has 2 atom stereocenters. The Morgan fingerprint density at radius 1 is 1.03 bits per heavy atom. The zero-order valence-corrected chi connectivity index (χ0v) is 21.7. The molecular formula is C29H38ClN3O2. The first-order valence-corrected chi connectivity index (χ1v) is 13.5. The topological polar surface area (TPSA) is 52.7 Å². The molecule has 4 rings (SSSR count). The van der Waals surface area contributed by atoms with Gasteiger partial charge < -0.3 is 15.1 Å². The van der Waals surface area contributed by atoms with Gasteiger partial charge in [0.15, 0.2) is 0 Å². The van der Waals surface area contributed by atoms with Gasteiger partial charge in [0.05, 0.1) is 6.04 Å². The highest BCUT2D eigenvalue weighted by Crippen LogP contribution is 2.29. The van der Waals surface area contributed by atoms with Crippen LogP contribution in [0.15, 0.2) is 54.6 Å². The Labute approximate surface area is 214 Å². The third-order valence-electron chi connectivity index (χ3n) is 7.83. The molecule has 6 heteroatoms. The van der Waals surface area contributed by atoms with Crippen LogP contribution in [-0.2, 0) is 4.79 Å². The summed E-state index contributed by atoms with van der Waals surface area (Å²) in [5.74, 6) is 0.472. The van der Waals surface area contributed by atoms with Gasteiger partial charge in [-0.25, -0.2) is 0 Å². The Balaban J connectivity index is 1.35. The lowest BCUT2D eigenvalue weighted by Gasteiger charge is -2.41. The highest BCUT2D eigenvalue weighted by molar-refractivity contribution is 6.30. The van der Waals surface area contributed by atoms with Crippen molar-refractivity contribution < 1.29 is 9.59 Å². The molecule has 2 aromatic carbocycles. The third kappa shape index (κ3) is 6.45. The summed E-state index contributed by atoms with van der Waals surface area (Å²) in [6.07, 6.45) is 5.99. The predicted octanol–water partition coefficient (Wildman–Crippen LogP) is 5.70. The van der Waals surface area contributed by atoms with Crippen molar-refractivity contribution in [1.29, 1.82) is 0 Å². The molecule has 1 N–H and O–H groups in total. The smallest absolute Gasteiger partial charge is 0.254 e. The lowest BCUT2D eigenvalue weighted by atomic mass is 9.84. The van der Waals surface area contributed by atoms with Crippen molar-refractivity contribution in [1.82, 2.24) is 15.1 Å². The standard InChI is InChI=1S/C29H38ClN3O2/c1-3-33(29(35)24-12-14-25(30)15-13-24)26-16-18-32(19-17-26)21(2)20-27(22-8-5-4-6-9-22)31-28(34)23-10-7-11-23/h4-6,8-9,12-15,21,23,26-27H,3,7,10-11,16-20H2,1-2H3,(H,31,34)/t21?,27-/m0/s1. The number of nitrogens with zero attached hydrogens (tertiary/aromatic N) is 2. The van der Waals surface area contributed by atoms with Crippen LogP contribution in [0.1, 0.15) is 74.3 Å². The fourth-order valence-electron chi connectivity index (χ4n) is 5.38. The number of carbonyl (C=O) groups excluding carboxylic acids is 2. The molecule has 0 bridgehead atoms. The van der Waals surface area contributed by atoms with E-state index < -0.39 is 0 Å². The molecule has 0 spiro atoms. The van der Waals surface area contributed by atoms with E-state index in [0.717, 1.165) is 51.6 Å². The van der Waals surface area contributed by atoms with Gasteiger partial charge in [0.2, 0.25) is 5.91 Å². The normalized spacial score (nSPS) is 18.9. The first-order valence-electron chi connectivity index (χ1n) is 13.1. The molecule has 2 aromatic rings. The van der Waals surface area contributed by atoms with Crippen molar-refractivity contribution in [2.24, 2.45) is 5.92 Å². The number of piperidine rings is 1. The largest absolute Gasteiger partial charge is 0.349 e. The maximum Gasteiger partial charge on any atom is 0.254 e. The number of rotatable bonds is 9. The van der Waals surface area contributed by atoms with Crippen LogP contribution in [0.5, 0.6) is 0 Å². The van der Waals surface area contributed by atoms with Crippen molar-refractivity contribution in [3.63, 3.8) is 0 Å². The molecule has 5 nitrogen and oxygen atoms in total. The van der Waals surface area contributed by atoms with E-state index >= 15 is 0 Å². The zero-order chi connectivity index (χ0) is 24.8. The predicted molar refractivity (Wildman–Crippen MR) is 142 cm³/mol. The second-order valence-corrected chi connectivity index (χ2v) is 10.5. The van der Waals surface area contributed by atoms with E-state index in [2.05, 4.69) is 36.2 Å². The Morgan fingerprint density at radius 2 is 1.69 bits per heavy atom. The van der Waals surface area contributed by atoms with Crippen LogP contribution in [0.2, 0.25) is 5.02 Å². The summed E-state index contributed by atoms with van der Waals surface area (Å²) in [6.45, 7) is 6.92. The molecule has 2 amide bonds.